The summed E-state index contributed by atoms with van der Waals surface area (Å²) in [5.74, 6) is 0.835. The van der Waals surface area contributed by atoms with Crippen LogP contribution in [0.1, 0.15) is 42.0 Å². The maximum Gasteiger partial charge on any atom is 0.264 e. The Bertz CT molecular complexity index is 1080. The van der Waals surface area contributed by atoms with Gasteiger partial charge in [0.05, 0.1) is 22.5 Å². The molecule has 2 unspecified atom stereocenters. The zero-order valence-electron chi connectivity index (χ0n) is 20.3. The molecule has 0 saturated carbocycles. The highest BCUT2D eigenvalue weighted by Crippen LogP contribution is 2.41. The minimum atomic E-state index is -0.0615. The largest absolute Gasteiger partial charge is 0.431 e. The first-order valence-electron chi connectivity index (χ1n) is 11.7. The molecule has 0 bridgehead atoms. The van der Waals surface area contributed by atoms with Gasteiger partial charge in [0.25, 0.3) is 5.17 Å². The highest BCUT2D eigenvalue weighted by Gasteiger charge is 2.39. The van der Waals surface area contributed by atoms with Crippen LogP contribution < -0.4 is 4.74 Å². The first kappa shape index (κ1) is 28.0. The van der Waals surface area contributed by atoms with Gasteiger partial charge in [-0.2, -0.15) is 0 Å². The Morgan fingerprint density at radius 1 is 1.11 bits per heavy atom. The Hall–Kier alpha value is -1.57. The van der Waals surface area contributed by atoms with Crippen molar-refractivity contribution in [1.29, 1.82) is 0 Å². The molecular weight excluding hydrogens is 525 g/mol. The van der Waals surface area contributed by atoms with Crippen LogP contribution in [0.25, 0.3) is 0 Å². The third-order valence-corrected chi connectivity index (χ3v) is 8.05. The van der Waals surface area contributed by atoms with E-state index in [9.17, 15) is 4.79 Å². The summed E-state index contributed by atoms with van der Waals surface area (Å²) < 4.78 is 6.06. The normalized spacial score (nSPS) is 19.5. The van der Waals surface area contributed by atoms with Crippen molar-refractivity contribution < 1.29 is 9.53 Å². The lowest BCUT2D eigenvalue weighted by Gasteiger charge is -2.44. The maximum atomic E-state index is 13.5. The lowest BCUT2D eigenvalue weighted by atomic mass is 9.81. The summed E-state index contributed by atoms with van der Waals surface area (Å²) in [5.41, 5.74) is 3.14. The van der Waals surface area contributed by atoms with Gasteiger partial charge in [0.15, 0.2) is 0 Å². The maximum absolute atomic E-state index is 13.5. The van der Waals surface area contributed by atoms with Gasteiger partial charge >= 0.3 is 0 Å². The van der Waals surface area contributed by atoms with E-state index in [2.05, 4.69) is 11.0 Å². The first-order valence-corrected chi connectivity index (χ1v) is 12.9. The Balaban J connectivity index is 0.00000342. The second-order valence-corrected chi connectivity index (χ2v) is 10.5. The number of ether oxygens (including phenoxy) is 1. The summed E-state index contributed by atoms with van der Waals surface area (Å²) in [6, 6.07) is 11.7. The van der Waals surface area contributed by atoms with Gasteiger partial charge in [-0.25, -0.2) is 0 Å². The van der Waals surface area contributed by atoms with Crippen molar-refractivity contribution in [2.75, 3.05) is 34.2 Å². The number of carbonyl (C=O) groups excluding carboxylic acids is 1. The smallest absolute Gasteiger partial charge is 0.264 e. The average Bonchev–Trinajstić information content (AvgIpc) is 3.35. The fourth-order valence-corrected chi connectivity index (χ4v) is 5.50. The molecule has 2 aromatic rings. The summed E-state index contributed by atoms with van der Waals surface area (Å²) in [6.07, 6.45) is 4.55. The van der Waals surface area contributed by atoms with Crippen molar-refractivity contribution in [2.24, 2.45) is 0 Å². The second-order valence-electron chi connectivity index (χ2n) is 9.31. The van der Waals surface area contributed by atoms with Gasteiger partial charge < -0.3 is 14.5 Å². The van der Waals surface area contributed by atoms with Gasteiger partial charge in [0.1, 0.15) is 5.75 Å². The number of carbonyl (C=O) groups is 1. The van der Waals surface area contributed by atoms with Crippen LogP contribution in [-0.2, 0) is 17.6 Å². The van der Waals surface area contributed by atoms with Gasteiger partial charge in [-0.1, -0.05) is 41.4 Å². The third-order valence-electron chi connectivity index (χ3n) is 6.86. The number of fused-ring (bicyclic) bond motifs is 1. The molecule has 2 aromatic carbocycles. The number of hydrogen-bond acceptors (Lipinski definition) is 4. The Labute approximate surface area is 229 Å². The molecule has 1 aliphatic heterocycles. The Morgan fingerprint density at radius 3 is 2.49 bits per heavy atom. The molecule has 9 heteroatoms. The van der Waals surface area contributed by atoms with Crippen LogP contribution in [0.3, 0.4) is 0 Å². The van der Waals surface area contributed by atoms with Crippen molar-refractivity contribution in [3.8, 4) is 5.75 Å². The van der Waals surface area contributed by atoms with Crippen LogP contribution in [-0.4, -0.2) is 66.1 Å². The fraction of sp³-hybridized carbons (Fsp3) is 0.462. The summed E-state index contributed by atoms with van der Waals surface area (Å²) in [4.78, 5) is 19.8. The molecule has 1 aliphatic carbocycles. The van der Waals surface area contributed by atoms with Crippen LogP contribution in [0, 0.1) is 0 Å². The monoisotopic (exact) mass is 555 g/mol. The Morgan fingerprint density at radius 2 is 1.83 bits per heavy atom. The van der Waals surface area contributed by atoms with Crippen molar-refractivity contribution in [3.05, 3.63) is 63.1 Å². The predicted molar refractivity (Wildman–Crippen MR) is 149 cm³/mol. The standard InChI is InChI=1S/C26H31Cl2N3O2S.ClH/c1-29(2)26(34)33-23-8-6-7-19-18(23)10-12-22(31-13-4-5-14-31)25(19)30(3)24(32)16-17-9-11-20(27)21(28)15-17;/h6-9,11,15,22,25H,4-5,10,12-14,16H2,1-3H3;1H. The summed E-state index contributed by atoms with van der Waals surface area (Å²) >= 11 is 17.7. The minimum Gasteiger partial charge on any atom is -0.431 e. The van der Waals surface area contributed by atoms with E-state index < -0.39 is 0 Å². The summed E-state index contributed by atoms with van der Waals surface area (Å²) in [7, 11) is 5.67. The van der Waals surface area contributed by atoms with Crippen LogP contribution in [0.2, 0.25) is 10.0 Å². The lowest BCUT2D eigenvalue weighted by Crippen LogP contribution is -2.48. The molecule has 0 spiro atoms. The number of amides is 1. The number of hydrogen-bond donors (Lipinski definition) is 0. The summed E-state index contributed by atoms with van der Waals surface area (Å²) in [5, 5.41) is 1.38. The van der Waals surface area contributed by atoms with Gasteiger partial charge in [-0.3, -0.25) is 9.69 Å². The van der Waals surface area contributed by atoms with E-state index in [0.717, 1.165) is 48.4 Å². The number of rotatable bonds is 5. The number of likely N-dealkylation sites (N-methyl/N-ethyl adjacent to an activating group) is 1. The average molecular weight is 557 g/mol. The quantitative estimate of drug-likeness (QED) is 0.436. The molecular formula is C26H32Cl3N3O2S. The van der Waals surface area contributed by atoms with E-state index in [1.165, 1.54) is 12.8 Å². The van der Waals surface area contributed by atoms with Gasteiger partial charge in [0.2, 0.25) is 5.91 Å². The van der Waals surface area contributed by atoms with Crippen molar-refractivity contribution >= 4 is 58.9 Å². The van der Waals surface area contributed by atoms with Crippen molar-refractivity contribution in [3.63, 3.8) is 0 Å². The van der Waals surface area contributed by atoms with E-state index in [4.69, 9.17) is 40.2 Å². The topological polar surface area (TPSA) is 36.0 Å². The molecule has 0 N–H and O–H groups in total. The minimum absolute atomic E-state index is 0. The van der Waals surface area contributed by atoms with Crippen LogP contribution in [0.5, 0.6) is 5.75 Å². The molecule has 0 aromatic heterocycles. The SMILES string of the molecule is CN(C)C(=S)Oc1cccc2c1CCC(N1CCCC1)C2N(C)C(=O)Cc1ccc(Cl)c(Cl)c1.Cl. The Kier molecular flexibility index (Phi) is 9.69. The van der Waals surface area contributed by atoms with Gasteiger partial charge in [0, 0.05) is 32.7 Å². The molecule has 2 atom stereocenters. The fourth-order valence-electron chi connectivity index (χ4n) is 5.09. The molecule has 1 saturated heterocycles. The summed E-state index contributed by atoms with van der Waals surface area (Å²) in [6.45, 7) is 2.15. The molecule has 4 rings (SSSR count). The number of nitrogens with zero attached hydrogens (tertiary/aromatic N) is 3. The first-order chi connectivity index (χ1) is 16.3. The molecule has 5 nitrogen and oxygen atoms in total. The zero-order valence-corrected chi connectivity index (χ0v) is 23.4. The molecule has 1 heterocycles. The van der Waals surface area contributed by atoms with E-state index in [1.54, 1.807) is 17.0 Å². The van der Waals surface area contributed by atoms with E-state index in [-0.39, 0.29) is 36.8 Å². The van der Waals surface area contributed by atoms with E-state index in [1.807, 2.05) is 44.2 Å². The highest BCUT2D eigenvalue weighted by molar-refractivity contribution is 7.80. The molecule has 1 amide bonds. The molecule has 35 heavy (non-hydrogen) atoms. The van der Waals surface area contributed by atoms with Gasteiger partial charge in [-0.05, 0) is 80.3 Å². The van der Waals surface area contributed by atoms with E-state index >= 15 is 0 Å². The molecule has 2 aliphatic rings. The second kappa shape index (κ2) is 12.1. The lowest BCUT2D eigenvalue weighted by molar-refractivity contribution is -0.133. The van der Waals surface area contributed by atoms with Crippen LogP contribution in [0.15, 0.2) is 36.4 Å². The predicted octanol–water partition coefficient (Wildman–Crippen LogP) is 5.79. The zero-order chi connectivity index (χ0) is 24.4. The third kappa shape index (κ3) is 6.23. The molecule has 1 fully saturated rings. The van der Waals surface area contributed by atoms with Gasteiger partial charge in [-0.15, -0.1) is 12.4 Å². The number of likely N-dealkylation sites (tertiary alicyclic amines) is 1. The van der Waals surface area contributed by atoms with Crippen LogP contribution in [0.4, 0.5) is 0 Å². The van der Waals surface area contributed by atoms with Crippen molar-refractivity contribution in [2.45, 2.75) is 44.2 Å². The number of benzene rings is 2. The number of halogens is 3. The van der Waals surface area contributed by atoms with Crippen LogP contribution >= 0.6 is 47.8 Å². The van der Waals surface area contributed by atoms with E-state index in [0.29, 0.717) is 15.2 Å². The number of thiocarbonyl (C=S) groups is 1. The molecule has 190 valence electrons. The van der Waals surface area contributed by atoms with Crippen molar-refractivity contribution in [1.82, 2.24) is 14.7 Å². The highest BCUT2D eigenvalue weighted by atomic mass is 35.5. The molecule has 0 radical (unpaired) electrons.